The number of rotatable bonds is 14. The van der Waals surface area contributed by atoms with Crippen molar-refractivity contribution in [3.8, 4) is 0 Å². The first-order valence-corrected chi connectivity index (χ1v) is 11.3. The smallest absolute Gasteiger partial charge is 0.309 e. The molecule has 0 fully saturated rings. The van der Waals surface area contributed by atoms with Crippen molar-refractivity contribution < 1.29 is 19.4 Å². The average Bonchev–Trinajstić information content (AvgIpc) is 2.64. The summed E-state index contributed by atoms with van der Waals surface area (Å²) >= 11 is 0. The van der Waals surface area contributed by atoms with Crippen LogP contribution in [-0.4, -0.2) is 23.1 Å². The second-order valence-corrected chi connectivity index (χ2v) is 10.0. The number of hydrogen-bond acceptors (Lipinski definition) is 3. The molecule has 4 heteroatoms. The summed E-state index contributed by atoms with van der Waals surface area (Å²) in [6.45, 7) is 14.7. The molecule has 0 bridgehead atoms. The zero-order valence-electron chi connectivity index (χ0n) is 20.2. The van der Waals surface area contributed by atoms with Crippen molar-refractivity contribution in [2.24, 2.45) is 5.41 Å². The average molecular weight is 419 g/mol. The van der Waals surface area contributed by atoms with E-state index in [1.54, 1.807) is 13.8 Å². The number of ether oxygens (including phenoxy) is 1. The normalized spacial score (nSPS) is 12.1. The fraction of sp³-hybridized carbons (Fsp3) is 0.692. The quantitative estimate of drug-likeness (QED) is 0.277. The standard InChI is InChI=1S/C26H42O4/c1-19-17-22(13-9-8-11-15-25(4,5)24(28)29)21(3)23(20(19)2)14-10-12-16-26(6,7)30-18-27/h17-18H,8-16H2,1-7H3,(H,28,29). The highest BCUT2D eigenvalue weighted by atomic mass is 16.5. The predicted octanol–water partition coefficient (Wildman–Crippen LogP) is 6.49. The van der Waals surface area contributed by atoms with Gasteiger partial charge in [0, 0.05) is 0 Å². The number of carbonyl (C=O) groups excluding carboxylic acids is 1. The van der Waals surface area contributed by atoms with Gasteiger partial charge in [-0.2, -0.15) is 0 Å². The predicted molar refractivity (Wildman–Crippen MR) is 123 cm³/mol. The van der Waals surface area contributed by atoms with Crippen LogP contribution in [0.25, 0.3) is 0 Å². The van der Waals surface area contributed by atoms with Crippen molar-refractivity contribution in [2.45, 2.75) is 112 Å². The topological polar surface area (TPSA) is 63.6 Å². The molecule has 0 radical (unpaired) electrons. The molecule has 0 amide bonds. The summed E-state index contributed by atoms with van der Waals surface area (Å²) in [4.78, 5) is 21.8. The number of benzene rings is 1. The van der Waals surface area contributed by atoms with Crippen LogP contribution in [0.4, 0.5) is 0 Å². The number of carboxylic acid groups (broad SMARTS) is 1. The molecule has 0 heterocycles. The number of carboxylic acids is 1. The first-order valence-electron chi connectivity index (χ1n) is 11.3. The Kier molecular flexibility index (Phi) is 10.1. The van der Waals surface area contributed by atoms with Gasteiger partial charge in [0.15, 0.2) is 0 Å². The van der Waals surface area contributed by atoms with Crippen LogP contribution in [0, 0.1) is 26.2 Å². The van der Waals surface area contributed by atoms with E-state index < -0.39 is 17.0 Å². The molecule has 0 atom stereocenters. The van der Waals surface area contributed by atoms with E-state index in [4.69, 9.17) is 4.74 Å². The third kappa shape index (κ3) is 8.12. The first-order chi connectivity index (χ1) is 13.9. The van der Waals surface area contributed by atoms with Crippen LogP contribution in [0.2, 0.25) is 0 Å². The lowest BCUT2D eigenvalue weighted by Crippen LogP contribution is -2.23. The van der Waals surface area contributed by atoms with Crippen LogP contribution in [0.3, 0.4) is 0 Å². The number of aryl methyl sites for hydroxylation is 2. The van der Waals surface area contributed by atoms with Gasteiger partial charge in [-0.05, 0) is 121 Å². The fourth-order valence-corrected chi connectivity index (χ4v) is 4.03. The Bertz CT molecular complexity index is 716. The molecule has 0 aromatic heterocycles. The summed E-state index contributed by atoms with van der Waals surface area (Å²) in [5.74, 6) is -0.710. The number of unbranched alkanes of at least 4 members (excludes halogenated alkanes) is 3. The molecule has 170 valence electrons. The molecule has 0 saturated carbocycles. The second-order valence-electron chi connectivity index (χ2n) is 10.0. The Morgan fingerprint density at radius 1 is 0.933 bits per heavy atom. The lowest BCUT2D eigenvalue weighted by Gasteiger charge is -2.23. The molecule has 0 aliphatic heterocycles. The number of hydrogen-bond donors (Lipinski definition) is 1. The molecule has 0 aliphatic carbocycles. The summed E-state index contributed by atoms with van der Waals surface area (Å²) in [5.41, 5.74) is 6.02. The minimum atomic E-state index is -0.710. The zero-order chi connectivity index (χ0) is 22.9. The van der Waals surface area contributed by atoms with Gasteiger partial charge in [-0.3, -0.25) is 9.59 Å². The van der Waals surface area contributed by atoms with Crippen molar-refractivity contribution in [1.82, 2.24) is 0 Å². The van der Waals surface area contributed by atoms with Gasteiger partial charge in [0.1, 0.15) is 5.60 Å². The maximum atomic E-state index is 11.2. The minimum absolute atomic E-state index is 0.390. The molecule has 0 spiro atoms. The summed E-state index contributed by atoms with van der Waals surface area (Å²) < 4.78 is 5.15. The largest absolute Gasteiger partial charge is 0.481 e. The summed E-state index contributed by atoms with van der Waals surface area (Å²) in [5, 5.41) is 9.24. The molecular weight excluding hydrogens is 376 g/mol. The van der Waals surface area contributed by atoms with Crippen molar-refractivity contribution >= 4 is 12.4 Å². The molecule has 4 nitrogen and oxygen atoms in total. The molecule has 0 unspecified atom stereocenters. The van der Waals surface area contributed by atoms with E-state index in [0.717, 1.165) is 57.8 Å². The molecule has 1 aromatic rings. The van der Waals surface area contributed by atoms with E-state index in [0.29, 0.717) is 6.47 Å². The fourth-order valence-electron chi connectivity index (χ4n) is 4.03. The van der Waals surface area contributed by atoms with Gasteiger partial charge in [-0.25, -0.2) is 0 Å². The molecule has 1 rings (SSSR count). The number of carbonyl (C=O) groups is 2. The highest BCUT2D eigenvalue weighted by Gasteiger charge is 2.26. The SMILES string of the molecule is Cc1cc(CCCCCC(C)(C)C(=O)O)c(C)c(CCCCC(C)(C)OC=O)c1C. The first kappa shape index (κ1) is 26.2. The van der Waals surface area contributed by atoms with E-state index in [2.05, 4.69) is 26.8 Å². The molecule has 1 N–H and O–H groups in total. The molecule has 1 aromatic carbocycles. The van der Waals surface area contributed by atoms with Crippen molar-refractivity contribution in [3.05, 3.63) is 33.9 Å². The molecule has 0 aliphatic rings. The Hall–Kier alpha value is -1.84. The van der Waals surface area contributed by atoms with Crippen LogP contribution in [0.1, 0.15) is 100 Å². The van der Waals surface area contributed by atoms with E-state index in [-0.39, 0.29) is 0 Å². The minimum Gasteiger partial charge on any atom is -0.481 e. The Balaban J connectivity index is 2.63. The van der Waals surface area contributed by atoms with Crippen LogP contribution >= 0.6 is 0 Å². The maximum Gasteiger partial charge on any atom is 0.309 e. The summed E-state index contributed by atoms with van der Waals surface area (Å²) in [7, 11) is 0. The third-order valence-electron chi connectivity index (χ3n) is 6.52. The Morgan fingerprint density at radius 3 is 2.13 bits per heavy atom. The Labute approximate surface area is 183 Å². The second kappa shape index (κ2) is 11.5. The lowest BCUT2D eigenvalue weighted by atomic mass is 9.86. The van der Waals surface area contributed by atoms with Crippen molar-refractivity contribution in [2.75, 3.05) is 0 Å². The van der Waals surface area contributed by atoms with Gasteiger partial charge in [0.2, 0.25) is 0 Å². The van der Waals surface area contributed by atoms with Gasteiger partial charge in [0.05, 0.1) is 5.41 Å². The van der Waals surface area contributed by atoms with Crippen LogP contribution in [0.15, 0.2) is 6.07 Å². The summed E-state index contributed by atoms with van der Waals surface area (Å²) in [6, 6.07) is 2.33. The highest BCUT2D eigenvalue weighted by molar-refractivity contribution is 5.73. The van der Waals surface area contributed by atoms with Gasteiger partial charge in [-0.1, -0.05) is 18.9 Å². The Morgan fingerprint density at radius 2 is 1.53 bits per heavy atom. The maximum absolute atomic E-state index is 11.2. The van der Waals surface area contributed by atoms with Gasteiger partial charge >= 0.3 is 5.97 Å². The zero-order valence-corrected chi connectivity index (χ0v) is 20.2. The van der Waals surface area contributed by atoms with E-state index >= 15 is 0 Å². The molecule has 30 heavy (non-hydrogen) atoms. The van der Waals surface area contributed by atoms with Gasteiger partial charge in [-0.15, -0.1) is 0 Å². The lowest BCUT2D eigenvalue weighted by molar-refractivity contribution is -0.147. The van der Waals surface area contributed by atoms with Crippen molar-refractivity contribution in [3.63, 3.8) is 0 Å². The van der Waals surface area contributed by atoms with E-state index in [9.17, 15) is 14.7 Å². The molecular formula is C26H42O4. The number of aliphatic carboxylic acids is 1. The monoisotopic (exact) mass is 418 g/mol. The van der Waals surface area contributed by atoms with E-state index in [1.165, 1.54) is 27.8 Å². The third-order valence-corrected chi connectivity index (χ3v) is 6.52. The molecule has 0 saturated heterocycles. The van der Waals surface area contributed by atoms with Gasteiger partial charge < -0.3 is 9.84 Å². The van der Waals surface area contributed by atoms with Crippen LogP contribution < -0.4 is 0 Å². The highest BCUT2D eigenvalue weighted by Crippen LogP contribution is 2.28. The summed E-state index contributed by atoms with van der Waals surface area (Å²) in [6.07, 6.45) is 8.92. The van der Waals surface area contributed by atoms with Gasteiger partial charge in [0.25, 0.3) is 6.47 Å². The van der Waals surface area contributed by atoms with Crippen LogP contribution in [0.5, 0.6) is 0 Å². The van der Waals surface area contributed by atoms with Crippen LogP contribution in [-0.2, 0) is 27.2 Å². The van der Waals surface area contributed by atoms with Crippen molar-refractivity contribution in [1.29, 1.82) is 0 Å². The van der Waals surface area contributed by atoms with E-state index in [1.807, 2.05) is 13.8 Å².